The van der Waals surface area contributed by atoms with E-state index in [1.807, 2.05) is 13.8 Å². The highest BCUT2D eigenvalue weighted by Gasteiger charge is 2.38. The molecule has 3 heteroatoms. The van der Waals surface area contributed by atoms with Gasteiger partial charge in [0.25, 0.3) is 0 Å². The average molecular weight is 158 g/mol. The second-order valence-electron chi connectivity index (χ2n) is 3.06. The normalized spacial score (nSPS) is 35.5. The predicted octanol–water partition coefficient (Wildman–Crippen LogP) is 0.685. The van der Waals surface area contributed by atoms with E-state index < -0.39 is 5.79 Å². The smallest absolute Gasteiger partial charge is 0.164 e. The van der Waals surface area contributed by atoms with Crippen LogP contribution >= 0.6 is 0 Å². The Balaban J connectivity index is 2.62. The Morgan fingerprint density at radius 2 is 2.18 bits per heavy atom. The lowest BCUT2D eigenvalue weighted by Gasteiger charge is -2.15. The zero-order valence-corrected chi connectivity index (χ0v) is 6.91. The molecule has 1 saturated heterocycles. The van der Waals surface area contributed by atoms with Gasteiger partial charge in [0.1, 0.15) is 12.2 Å². The molecule has 0 saturated carbocycles. The number of hydrogen-bond donors (Lipinski definition) is 1. The standard InChI is InChI=1S/C8H14O3/c1-4-6-7(5-9)11-8(2,3)10-6/h4,6-7,9H,1,5H2,2-3H3/t6-,7+/m1/s1. The molecule has 1 rings (SSSR count). The summed E-state index contributed by atoms with van der Waals surface area (Å²) >= 11 is 0. The van der Waals surface area contributed by atoms with Crippen LogP contribution in [0.1, 0.15) is 13.8 Å². The van der Waals surface area contributed by atoms with Crippen molar-refractivity contribution in [1.29, 1.82) is 0 Å². The monoisotopic (exact) mass is 158 g/mol. The molecule has 0 aromatic carbocycles. The maximum Gasteiger partial charge on any atom is 0.164 e. The van der Waals surface area contributed by atoms with Gasteiger partial charge in [-0.1, -0.05) is 6.08 Å². The van der Waals surface area contributed by atoms with Crippen LogP contribution in [0.3, 0.4) is 0 Å². The fourth-order valence-corrected chi connectivity index (χ4v) is 1.20. The molecular formula is C8H14O3. The molecule has 0 bridgehead atoms. The first-order valence-corrected chi connectivity index (χ1v) is 3.68. The fraction of sp³-hybridized carbons (Fsp3) is 0.750. The van der Waals surface area contributed by atoms with Gasteiger partial charge in [-0.05, 0) is 13.8 Å². The first-order chi connectivity index (χ1) is 5.09. The lowest BCUT2D eigenvalue weighted by Crippen LogP contribution is -2.24. The molecule has 1 N–H and O–H groups in total. The third-order valence-corrected chi connectivity index (χ3v) is 1.63. The van der Waals surface area contributed by atoms with Crippen LogP contribution in [0.25, 0.3) is 0 Å². The van der Waals surface area contributed by atoms with Crippen LogP contribution in [-0.2, 0) is 9.47 Å². The van der Waals surface area contributed by atoms with Gasteiger partial charge in [-0.2, -0.15) is 0 Å². The Labute approximate surface area is 66.6 Å². The maximum absolute atomic E-state index is 8.85. The lowest BCUT2D eigenvalue weighted by atomic mass is 10.2. The minimum Gasteiger partial charge on any atom is -0.394 e. The topological polar surface area (TPSA) is 38.7 Å². The van der Waals surface area contributed by atoms with E-state index in [1.165, 1.54) is 0 Å². The van der Waals surface area contributed by atoms with Crippen molar-refractivity contribution in [3.8, 4) is 0 Å². The molecule has 3 nitrogen and oxygen atoms in total. The number of aliphatic hydroxyl groups is 1. The highest BCUT2D eigenvalue weighted by Crippen LogP contribution is 2.27. The van der Waals surface area contributed by atoms with Crippen molar-refractivity contribution in [2.75, 3.05) is 6.61 Å². The van der Waals surface area contributed by atoms with Crippen LogP contribution in [0.15, 0.2) is 12.7 Å². The van der Waals surface area contributed by atoms with Gasteiger partial charge in [0.05, 0.1) is 6.61 Å². The summed E-state index contributed by atoms with van der Waals surface area (Å²) in [6.07, 6.45) is 1.20. The van der Waals surface area contributed by atoms with E-state index in [0.717, 1.165) is 0 Å². The van der Waals surface area contributed by atoms with Gasteiger partial charge in [0.2, 0.25) is 0 Å². The predicted molar refractivity (Wildman–Crippen MR) is 41.1 cm³/mol. The van der Waals surface area contributed by atoms with Crippen molar-refractivity contribution in [3.63, 3.8) is 0 Å². The van der Waals surface area contributed by atoms with E-state index >= 15 is 0 Å². The SMILES string of the molecule is C=C[C@H]1OC(C)(C)O[C@H]1CO. The van der Waals surface area contributed by atoms with E-state index in [0.29, 0.717) is 0 Å². The van der Waals surface area contributed by atoms with Gasteiger partial charge in [-0.15, -0.1) is 6.58 Å². The summed E-state index contributed by atoms with van der Waals surface area (Å²) in [5.74, 6) is -0.591. The first kappa shape index (κ1) is 8.71. The molecular weight excluding hydrogens is 144 g/mol. The number of ether oxygens (including phenoxy) is 2. The molecule has 11 heavy (non-hydrogen) atoms. The molecule has 1 aliphatic heterocycles. The molecule has 0 aliphatic carbocycles. The Kier molecular flexibility index (Phi) is 2.32. The minimum absolute atomic E-state index is 0.0277. The van der Waals surface area contributed by atoms with Crippen molar-refractivity contribution in [1.82, 2.24) is 0 Å². The molecule has 0 aromatic heterocycles. The average Bonchev–Trinajstić information content (AvgIpc) is 2.25. The molecule has 0 spiro atoms. The Hall–Kier alpha value is -0.380. The summed E-state index contributed by atoms with van der Waals surface area (Å²) in [5.41, 5.74) is 0. The van der Waals surface area contributed by atoms with Crippen molar-refractivity contribution in [3.05, 3.63) is 12.7 Å². The van der Waals surface area contributed by atoms with E-state index in [-0.39, 0.29) is 18.8 Å². The molecule has 1 aliphatic rings. The fourth-order valence-electron chi connectivity index (χ4n) is 1.20. The Morgan fingerprint density at radius 3 is 2.55 bits per heavy atom. The molecule has 0 radical (unpaired) electrons. The van der Waals surface area contributed by atoms with Crippen molar-refractivity contribution >= 4 is 0 Å². The quantitative estimate of drug-likeness (QED) is 0.601. The zero-order chi connectivity index (χ0) is 8.48. The molecule has 1 heterocycles. The summed E-state index contributed by atoms with van der Waals surface area (Å²) in [6, 6.07) is 0. The number of aliphatic hydroxyl groups excluding tert-OH is 1. The van der Waals surface area contributed by atoms with Gasteiger partial charge in [0.15, 0.2) is 5.79 Å². The Morgan fingerprint density at radius 1 is 1.55 bits per heavy atom. The van der Waals surface area contributed by atoms with Crippen LogP contribution in [-0.4, -0.2) is 29.7 Å². The third-order valence-electron chi connectivity index (χ3n) is 1.63. The third kappa shape index (κ3) is 1.80. The second kappa shape index (κ2) is 2.93. The van der Waals surface area contributed by atoms with Crippen molar-refractivity contribution in [2.45, 2.75) is 31.8 Å². The molecule has 2 atom stereocenters. The van der Waals surface area contributed by atoms with Gasteiger partial charge in [-0.3, -0.25) is 0 Å². The molecule has 64 valence electrons. The second-order valence-corrected chi connectivity index (χ2v) is 3.06. The summed E-state index contributed by atoms with van der Waals surface area (Å²) in [7, 11) is 0. The van der Waals surface area contributed by atoms with Crippen molar-refractivity contribution < 1.29 is 14.6 Å². The molecule has 0 unspecified atom stereocenters. The summed E-state index contributed by atoms with van der Waals surface area (Å²) in [4.78, 5) is 0. The first-order valence-electron chi connectivity index (χ1n) is 3.68. The zero-order valence-electron chi connectivity index (χ0n) is 6.91. The van der Waals surface area contributed by atoms with Crippen molar-refractivity contribution in [2.24, 2.45) is 0 Å². The molecule has 0 amide bonds. The van der Waals surface area contributed by atoms with Gasteiger partial charge in [-0.25, -0.2) is 0 Å². The molecule has 0 aromatic rings. The van der Waals surface area contributed by atoms with E-state index in [9.17, 15) is 0 Å². The van der Waals surface area contributed by atoms with E-state index in [4.69, 9.17) is 14.6 Å². The summed E-state index contributed by atoms with van der Waals surface area (Å²) < 4.78 is 10.8. The van der Waals surface area contributed by atoms with E-state index in [2.05, 4.69) is 6.58 Å². The van der Waals surface area contributed by atoms with E-state index in [1.54, 1.807) is 6.08 Å². The van der Waals surface area contributed by atoms with Crippen LogP contribution in [0.2, 0.25) is 0 Å². The highest BCUT2D eigenvalue weighted by molar-refractivity contribution is 4.92. The number of hydrogen-bond acceptors (Lipinski definition) is 3. The summed E-state index contributed by atoms with van der Waals surface area (Å²) in [5, 5.41) is 8.85. The van der Waals surface area contributed by atoms with Crippen LogP contribution in [0, 0.1) is 0 Å². The largest absolute Gasteiger partial charge is 0.394 e. The lowest BCUT2D eigenvalue weighted by molar-refractivity contribution is -0.146. The minimum atomic E-state index is -0.591. The van der Waals surface area contributed by atoms with Gasteiger partial charge in [0, 0.05) is 0 Å². The maximum atomic E-state index is 8.85. The van der Waals surface area contributed by atoms with Crippen LogP contribution in [0.5, 0.6) is 0 Å². The van der Waals surface area contributed by atoms with Crippen LogP contribution in [0.4, 0.5) is 0 Å². The van der Waals surface area contributed by atoms with Gasteiger partial charge < -0.3 is 14.6 Å². The molecule has 1 fully saturated rings. The summed E-state index contributed by atoms with van der Waals surface area (Å²) in [6.45, 7) is 7.20. The van der Waals surface area contributed by atoms with Gasteiger partial charge >= 0.3 is 0 Å². The highest BCUT2D eigenvalue weighted by atomic mass is 16.8. The van der Waals surface area contributed by atoms with Crippen LogP contribution < -0.4 is 0 Å². The Bertz CT molecular complexity index is 153. The number of rotatable bonds is 2.